The van der Waals surface area contributed by atoms with Gasteiger partial charge in [-0.1, -0.05) is 0 Å². The Morgan fingerprint density at radius 2 is 2.43 bits per heavy atom. The van der Waals surface area contributed by atoms with Crippen molar-refractivity contribution < 1.29 is 4.74 Å². The first-order valence-electron chi connectivity index (χ1n) is 4.58. The fourth-order valence-electron chi connectivity index (χ4n) is 1.01. The third-order valence-corrected chi connectivity index (χ3v) is 1.75. The van der Waals surface area contributed by atoms with E-state index in [1.165, 1.54) is 0 Å². The Balaban J connectivity index is 2.39. The minimum Gasteiger partial charge on any atom is -0.478 e. The van der Waals surface area contributed by atoms with Gasteiger partial charge >= 0.3 is 0 Å². The molecular weight excluding hydrogens is 176 g/mol. The first-order chi connectivity index (χ1) is 6.86. The Hall–Kier alpha value is -1.53. The molecule has 0 saturated carbocycles. The highest BCUT2D eigenvalue weighted by Gasteiger charge is 1.96. The molecule has 2 N–H and O–H groups in total. The number of hydrogen-bond acceptors (Lipinski definition) is 3. The normalized spacial score (nSPS) is 9.43. The van der Waals surface area contributed by atoms with Gasteiger partial charge in [-0.25, -0.2) is 4.98 Å². The van der Waals surface area contributed by atoms with Crippen LogP contribution in [0.2, 0.25) is 0 Å². The second-order valence-electron chi connectivity index (χ2n) is 2.86. The van der Waals surface area contributed by atoms with Crippen molar-refractivity contribution in [3.63, 3.8) is 0 Å². The Kier molecular flexibility index (Phi) is 4.53. The molecule has 0 fully saturated rings. The van der Waals surface area contributed by atoms with E-state index < -0.39 is 0 Å². The van der Waals surface area contributed by atoms with Crippen molar-refractivity contribution >= 4 is 0 Å². The molecule has 0 aliphatic heterocycles. The lowest BCUT2D eigenvalue weighted by atomic mass is 10.3. The second-order valence-corrected chi connectivity index (χ2v) is 2.86. The van der Waals surface area contributed by atoms with Crippen molar-refractivity contribution in [1.82, 2.24) is 4.98 Å². The van der Waals surface area contributed by atoms with Gasteiger partial charge in [0.1, 0.15) is 0 Å². The molecule has 1 rings (SSSR count). The van der Waals surface area contributed by atoms with Crippen LogP contribution in [0.4, 0.5) is 0 Å². The summed E-state index contributed by atoms with van der Waals surface area (Å²) in [4.78, 5) is 4.06. The van der Waals surface area contributed by atoms with Gasteiger partial charge in [0.05, 0.1) is 6.61 Å². The lowest BCUT2D eigenvalue weighted by Gasteiger charge is -2.04. The van der Waals surface area contributed by atoms with Gasteiger partial charge < -0.3 is 10.5 Å². The Bertz CT molecular complexity index is 317. The highest BCUT2D eigenvalue weighted by molar-refractivity contribution is 5.19. The summed E-state index contributed by atoms with van der Waals surface area (Å²) < 4.78 is 5.39. The number of rotatable bonds is 5. The zero-order valence-electron chi connectivity index (χ0n) is 8.07. The van der Waals surface area contributed by atoms with Crippen LogP contribution in [0, 0.1) is 12.3 Å². The summed E-state index contributed by atoms with van der Waals surface area (Å²) in [5.41, 5.74) is 6.51. The molecule has 1 aromatic heterocycles. The van der Waals surface area contributed by atoms with Crippen molar-refractivity contribution in [2.75, 3.05) is 6.61 Å². The first-order valence-corrected chi connectivity index (χ1v) is 4.58. The number of unbranched alkanes of at least 4 members (excludes halogenated alkanes) is 1. The summed E-state index contributed by atoms with van der Waals surface area (Å²) >= 11 is 0. The van der Waals surface area contributed by atoms with Crippen molar-refractivity contribution in [3.05, 3.63) is 23.9 Å². The number of nitrogens with two attached hydrogens (primary N) is 1. The van der Waals surface area contributed by atoms with Gasteiger partial charge in [0.25, 0.3) is 0 Å². The topological polar surface area (TPSA) is 48.1 Å². The maximum absolute atomic E-state index is 5.49. The minimum atomic E-state index is 0.503. The van der Waals surface area contributed by atoms with E-state index >= 15 is 0 Å². The Morgan fingerprint density at radius 1 is 1.57 bits per heavy atom. The molecule has 3 nitrogen and oxygen atoms in total. The molecule has 0 aliphatic carbocycles. The third-order valence-electron chi connectivity index (χ3n) is 1.75. The van der Waals surface area contributed by atoms with Crippen LogP contribution in [0.1, 0.15) is 18.4 Å². The summed E-state index contributed by atoms with van der Waals surface area (Å²) in [5, 5.41) is 0. The molecule has 0 bridgehead atoms. The Morgan fingerprint density at radius 3 is 3.14 bits per heavy atom. The average molecular weight is 190 g/mol. The molecule has 0 aromatic carbocycles. The predicted octanol–water partition coefficient (Wildman–Crippen LogP) is 1.33. The van der Waals surface area contributed by atoms with E-state index in [1.54, 1.807) is 6.20 Å². The molecule has 0 unspecified atom stereocenters. The molecule has 0 aliphatic rings. The van der Waals surface area contributed by atoms with Crippen LogP contribution in [0.25, 0.3) is 0 Å². The maximum Gasteiger partial charge on any atom is 0.213 e. The van der Waals surface area contributed by atoms with Gasteiger partial charge in [0.2, 0.25) is 5.88 Å². The summed E-state index contributed by atoms with van der Waals surface area (Å²) in [6, 6.07) is 3.71. The molecule has 1 aromatic rings. The predicted molar refractivity (Wildman–Crippen MR) is 55.7 cm³/mol. The Labute approximate surface area is 84.3 Å². The number of terminal acetylenes is 1. The van der Waals surface area contributed by atoms with E-state index in [9.17, 15) is 0 Å². The van der Waals surface area contributed by atoms with Crippen LogP contribution < -0.4 is 10.5 Å². The van der Waals surface area contributed by atoms with Crippen LogP contribution in [0.5, 0.6) is 5.88 Å². The molecule has 74 valence electrons. The van der Waals surface area contributed by atoms with Gasteiger partial charge in [0.15, 0.2) is 0 Å². The van der Waals surface area contributed by atoms with E-state index in [2.05, 4.69) is 10.9 Å². The molecule has 3 heteroatoms. The van der Waals surface area contributed by atoms with Gasteiger partial charge in [-0.3, -0.25) is 0 Å². The molecule has 0 radical (unpaired) electrons. The minimum absolute atomic E-state index is 0.503. The highest BCUT2D eigenvalue weighted by atomic mass is 16.5. The third kappa shape index (κ3) is 3.46. The van der Waals surface area contributed by atoms with E-state index in [1.807, 2.05) is 12.1 Å². The zero-order chi connectivity index (χ0) is 10.2. The molecule has 1 heterocycles. The number of nitrogens with zero attached hydrogens (tertiary/aromatic N) is 1. The summed E-state index contributed by atoms with van der Waals surface area (Å²) in [6.45, 7) is 1.11. The number of hydrogen-bond donors (Lipinski definition) is 1. The maximum atomic E-state index is 5.49. The molecule has 0 amide bonds. The van der Waals surface area contributed by atoms with E-state index in [4.69, 9.17) is 16.9 Å². The van der Waals surface area contributed by atoms with Crippen LogP contribution in [-0.4, -0.2) is 11.6 Å². The van der Waals surface area contributed by atoms with E-state index in [0.717, 1.165) is 18.4 Å². The molecular formula is C11H14N2O. The SMILES string of the molecule is C#CCCCOc1cc(CN)ccn1. The summed E-state index contributed by atoms with van der Waals surface area (Å²) in [6.07, 6.45) is 8.39. The number of pyridine rings is 1. The monoisotopic (exact) mass is 190 g/mol. The number of aromatic nitrogens is 1. The summed E-state index contributed by atoms with van der Waals surface area (Å²) in [5.74, 6) is 3.17. The molecule has 0 spiro atoms. The van der Waals surface area contributed by atoms with Gasteiger partial charge in [-0.2, -0.15) is 0 Å². The van der Waals surface area contributed by atoms with Crippen molar-refractivity contribution in [1.29, 1.82) is 0 Å². The standard InChI is InChI=1S/C11H14N2O/c1-2-3-4-7-14-11-8-10(9-12)5-6-13-11/h1,5-6,8H,3-4,7,9,12H2. The molecule has 14 heavy (non-hydrogen) atoms. The van der Waals surface area contributed by atoms with Crippen LogP contribution in [-0.2, 0) is 6.54 Å². The lowest BCUT2D eigenvalue weighted by Crippen LogP contribution is -2.01. The van der Waals surface area contributed by atoms with Crippen LogP contribution in [0.3, 0.4) is 0 Å². The average Bonchev–Trinajstić information content (AvgIpc) is 2.25. The first kappa shape index (κ1) is 10.6. The number of ether oxygens (including phenoxy) is 1. The van der Waals surface area contributed by atoms with Crippen LogP contribution >= 0.6 is 0 Å². The largest absolute Gasteiger partial charge is 0.478 e. The molecule has 0 saturated heterocycles. The second kappa shape index (κ2) is 6.01. The highest BCUT2D eigenvalue weighted by Crippen LogP contribution is 2.08. The smallest absolute Gasteiger partial charge is 0.213 e. The quantitative estimate of drug-likeness (QED) is 0.563. The van der Waals surface area contributed by atoms with Crippen molar-refractivity contribution in [2.45, 2.75) is 19.4 Å². The fraction of sp³-hybridized carbons (Fsp3) is 0.364. The van der Waals surface area contributed by atoms with Crippen molar-refractivity contribution in [3.8, 4) is 18.2 Å². The molecule has 0 atom stereocenters. The van der Waals surface area contributed by atoms with Crippen LogP contribution in [0.15, 0.2) is 18.3 Å². The summed E-state index contributed by atoms with van der Waals surface area (Å²) in [7, 11) is 0. The fourth-order valence-corrected chi connectivity index (χ4v) is 1.01. The zero-order valence-corrected chi connectivity index (χ0v) is 8.07. The van der Waals surface area contributed by atoms with E-state index in [0.29, 0.717) is 19.0 Å². The van der Waals surface area contributed by atoms with Gasteiger partial charge in [-0.15, -0.1) is 12.3 Å². The lowest BCUT2D eigenvalue weighted by molar-refractivity contribution is 0.301. The van der Waals surface area contributed by atoms with Crippen molar-refractivity contribution in [2.24, 2.45) is 5.73 Å². The van der Waals surface area contributed by atoms with E-state index in [-0.39, 0.29) is 0 Å². The van der Waals surface area contributed by atoms with Gasteiger partial charge in [0, 0.05) is 25.2 Å². The van der Waals surface area contributed by atoms with Gasteiger partial charge in [-0.05, 0) is 18.1 Å².